The predicted molar refractivity (Wildman–Crippen MR) is 70.3 cm³/mol. The number of likely N-dealkylation sites (tertiary alicyclic amines) is 1. The van der Waals surface area contributed by atoms with Gasteiger partial charge in [-0.1, -0.05) is 6.92 Å². The molecule has 0 aliphatic carbocycles. The quantitative estimate of drug-likeness (QED) is 0.795. The van der Waals surface area contributed by atoms with E-state index in [1.165, 1.54) is 0 Å². The minimum atomic E-state index is -4.24. The largest absolute Gasteiger partial charge is 0.389 e. The molecule has 2 saturated heterocycles. The Morgan fingerprint density at radius 2 is 1.80 bits per heavy atom. The van der Waals surface area contributed by atoms with Crippen molar-refractivity contribution < 1.29 is 18.0 Å². The maximum Gasteiger partial charge on any atom is 0.389 e. The first-order valence-electron chi connectivity index (χ1n) is 7.43. The minimum absolute atomic E-state index is 0.332. The first-order valence-corrected chi connectivity index (χ1v) is 7.43. The third kappa shape index (κ3) is 3.45. The molecule has 2 aliphatic rings. The lowest BCUT2D eigenvalue weighted by Crippen LogP contribution is -2.57. The average molecular weight is 292 g/mol. The van der Waals surface area contributed by atoms with Gasteiger partial charge in [0.05, 0.1) is 6.42 Å². The van der Waals surface area contributed by atoms with E-state index in [4.69, 9.17) is 0 Å². The minimum Gasteiger partial charge on any atom is -0.340 e. The van der Waals surface area contributed by atoms with Crippen molar-refractivity contribution in [3.8, 4) is 0 Å². The summed E-state index contributed by atoms with van der Waals surface area (Å²) in [6, 6.07) is 1.15. The highest BCUT2D eigenvalue weighted by Gasteiger charge is 2.43. The van der Waals surface area contributed by atoms with E-state index >= 15 is 0 Å². The third-order valence-corrected chi connectivity index (χ3v) is 4.61. The maximum absolute atomic E-state index is 12.2. The number of carbonyl (C=O) groups excluding carboxylic acids is 1. The van der Waals surface area contributed by atoms with Crippen LogP contribution in [0.1, 0.15) is 46.0 Å². The zero-order valence-corrected chi connectivity index (χ0v) is 12.1. The third-order valence-electron chi connectivity index (χ3n) is 4.61. The average Bonchev–Trinajstić information content (AvgIpc) is 2.64. The van der Waals surface area contributed by atoms with Gasteiger partial charge in [0.2, 0.25) is 5.91 Å². The number of alkyl halides is 3. The zero-order chi connectivity index (χ0) is 14.9. The standard InChI is InChI=1S/C14H23F3N2O/c1-3-10(2)19-11-4-5-12(19)9-18(8-11)13(20)6-7-14(15,16)17/h10-12H,3-9H2,1-2H3. The summed E-state index contributed by atoms with van der Waals surface area (Å²) in [5, 5.41) is 0. The van der Waals surface area contributed by atoms with Crippen molar-refractivity contribution >= 4 is 5.91 Å². The Morgan fingerprint density at radius 1 is 1.25 bits per heavy atom. The first kappa shape index (κ1) is 15.6. The van der Waals surface area contributed by atoms with E-state index in [0.717, 1.165) is 19.3 Å². The summed E-state index contributed by atoms with van der Waals surface area (Å²) in [5.74, 6) is -0.344. The highest BCUT2D eigenvalue weighted by molar-refractivity contribution is 5.76. The summed E-state index contributed by atoms with van der Waals surface area (Å²) in [6.07, 6.45) is -2.49. The van der Waals surface area contributed by atoms with Crippen molar-refractivity contribution in [1.29, 1.82) is 0 Å². The van der Waals surface area contributed by atoms with Crippen LogP contribution >= 0.6 is 0 Å². The van der Waals surface area contributed by atoms with Gasteiger partial charge in [-0.3, -0.25) is 9.69 Å². The molecule has 3 nitrogen and oxygen atoms in total. The van der Waals surface area contributed by atoms with E-state index in [0.29, 0.717) is 31.2 Å². The van der Waals surface area contributed by atoms with E-state index in [-0.39, 0.29) is 5.91 Å². The lowest BCUT2D eigenvalue weighted by Gasteiger charge is -2.44. The number of carbonyl (C=O) groups is 1. The molecule has 0 radical (unpaired) electrons. The van der Waals surface area contributed by atoms with Crippen LogP contribution in [0.5, 0.6) is 0 Å². The number of nitrogens with zero attached hydrogens (tertiary/aromatic N) is 2. The number of fused-ring (bicyclic) bond motifs is 2. The summed E-state index contributed by atoms with van der Waals surface area (Å²) >= 11 is 0. The second-order valence-electron chi connectivity index (χ2n) is 6.00. The number of piperazine rings is 1. The smallest absolute Gasteiger partial charge is 0.340 e. The molecule has 0 saturated carbocycles. The molecule has 0 aromatic rings. The van der Waals surface area contributed by atoms with Crippen LogP contribution in [0.2, 0.25) is 0 Å². The Morgan fingerprint density at radius 3 is 2.25 bits per heavy atom. The molecule has 1 amide bonds. The van der Waals surface area contributed by atoms with Gasteiger partial charge in [-0.25, -0.2) is 0 Å². The molecule has 2 aliphatic heterocycles. The molecular weight excluding hydrogens is 269 g/mol. The topological polar surface area (TPSA) is 23.6 Å². The van der Waals surface area contributed by atoms with Crippen LogP contribution in [0.4, 0.5) is 13.2 Å². The molecule has 2 heterocycles. The number of hydrogen-bond acceptors (Lipinski definition) is 2. The Hall–Kier alpha value is -0.780. The van der Waals surface area contributed by atoms with Crippen molar-refractivity contribution in [1.82, 2.24) is 9.80 Å². The molecular formula is C14H23F3N2O. The van der Waals surface area contributed by atoms with Gasteiger partial charge in [0.1, 0.15) is 0 Å². The fourth-order valence-corrected chi connectivity index (χ4v) is 3.48. The van der Waals surface area contributed by atoms with Crippen LogP contribution in [0.15, 0.2) is 0 Å². The Labute approximate surface area is 118 Å². The zero-order valence-electron chi connectivity index (χ0n) is 12.1. The van der Waals surface area contributed by atoms with Crippen molar-refractivity contribution in [2.24, 2.45) is 0 Å². The first-order chi connectivity index (χ1) is 9.31. The lowest BCUT2D eigenvalue weighted by atomic mass is 10.1. The van der Waals surface area contributed by atoms with Gasteiger partial charge >= 0.3 is 6.18 Å². The Kier molecular flexibility index (Phi) is 4.62. The van der Waals surface area contributed by atoms with Crippen LogP contribution in [0.25, 0.3) is 0 Å². The second-order valence-corrected chi connectivity index (χ2v) is 6.00. The molecule has 0 N–H and O–H groups in total. The van der Waals surface area contributed by atoms with Gasteiger partial charge in [-0.15, -0.1) is 0 Å². The molecule has 3 atom stereocenters. The Balaban J connectivity index is 1.91. The molecule has 3 unspecified atom stereocenters. The molecule has 20 heavy (non-hydrogen) atoms. The van der Waals surface area contributed by atoms with Crippen LogP contribution < -0.4 is 0 Å². The molecule has 0 aromatic heterocycles. The molecule has 0 aromatic carbocycles. The van der Waals surface area contributed by atoms with Crippen molar-refractivity contribution in [2.45, 2.75) is 70.3 Å². The van der Waals surface area contributed by atoms with Crippen LogP contribution in [0, 0.1) is 0 Å². The number of rotatable bonds is 4. The van der Waals surface area contributed by atoms with Crippen molar-refractivity contribution in [3.63, 3.8) is 0 Å². The van der Waals surface area contributed by atoms with Gasteiger partial charge in [-0.2, -0.15) is 13.2 Å². The number of amides is 1. The van der Waals surface area contributed by atoms with E-state index in [1.807, 2.05) is 0 Å². The van der Waals surface area contributed by atoms with Gasteiger partial charge < -0.3 is 4.90 Å². The Bertz CT molecular complexity index is 345. The van der Waals surface area contributed by atoms with E-state index in [1.54, 1.807) is 4.90 Å². The molecule has 6 heteroatoms. The monoisotopic (exact) mass is 292 g/mol. The second kappa shape index (κ2) is 5.92. The molecule has 2 fully saturated rings. The molecule has 2 bridgehead atoms. The highest BCUT2D eigenvalue weighted by Crippen LogP contribution is 2.33. The molecule has 116 valence electrons. The number of hydrogen-bond donors (Lipinski definition) is 0. The lowest BCUT2D eigenvalue weighted by molar-refractivity contribution is -0.151. The van der Waals surface area contributed by atoms with Gasteiger partial charge in [0.25, 0.3) is 0 Å². The van der Waals surface area contributed by atoms with Crippen LogP contribution in [-0.4, -0.2) is 53.1 Å². The van der Waals surface area contributed by atoms with Gasteiger partial charge in [0, 0.05) is 37.6 Å². The summed E-state index contributed by atoms with van der Waals surface area (Å²) in [7, 11) is 0. The fraction of sp³-hybridized carbons (Fsp3) is 0.929. The van der Waals surface area contributed by atoms with Crippen molar-refractivity contribution in [3.05, 3.63) is 0 Å². The van der Waals surface area contributed by atoms with Crippen LogP contribution in [0.3, 0.4) is 0 Å². The van der Waals surface area contributed by atoms with E-state index in [9.17, 15) is 18.0 Å². The van der Waals surface area contributed by atoms with E-state index in [2.05, 4.69) is 18.7 Å². The normalized spacial score (nSPS) is 28.8. The molecule has 0 spiro atoms. The highest BCUT2D eigenvalue weighted by atomic mass is 19.4. The fourth-order valence-electron chi connectivity index (χ4n) is 3.48. The van der Waals surface area contributed by atoms with E-state index < -0.39 is 19.0 Å². The van der Waals surface area contributed by atoms with Gasteiger partial charge in [-0.05, 0) is 26.2 Å². The van der Waals surface area contributed by atoms with Gasteiger partial charge in [0.15, 0.2) is 0 Å². The number of halogens is 3. The van der Waals surface area contributed by atoms with Crippen molar-refractivity contribution in [2.75, 3.05) is 13.1 Å². The summed E-state index contributed by atoms with van der Waals surface area (Å²) < 4.78 is 36.6. The SMILES string of the molecule is CCC(C)N1C2CCC1CN(C(=O)CCC(F)(F)F)C2. The summed E-state index contributed by atoms with van der Waals surface area (Å²) in [4.78, 5) is 16.0. The summed E-state index contributed by atoms with van der Waals surface area (Å²) in [6.45, 7) is 5.52. The summed E-state index contributed by atoms with van der Waals surface area (Å²) in [5.41, 5.74) is 0. The van der Waals surface area contributed by atoms with Crippen LogP contribution in [-0.2, 0) is 4.79 Å². The predicted octanol–water partition coefficient (Wildman–Crippen LogP) is 2.80. The maximum atomic E-state index is 12.2. The molecule has 2 rings (SSSR count).